The molecule has 0 spiro atoms. The molecule has 0 N–H and O–H groups in total. The smallest absolute Gasteiger partial charge is 0.0166 e. The Morgan fingerprint density at radius 2 is 1.14 bits per heavy atom. The fraction of sp³-hybridized carbons (Fsp3) is 0.429. The second-order valence-electron chi connectivity index (χ2n) is 3.54. The van der Waals surface area contributed by atoms with Crippen molar-refractivity contribution in [3.05, 3.63) is 48.6 Å². The molecule has 76 valence electrons. The molecule has 0 aromatic heterocycles. The summed E-state index contributed by atoms with van der Waals surface area (Å²) in [6.45, 7) is 0. The Hall–Kier alpha value is -1.04. The van der Waals surface area contributed by atoms with Gasteiger partial charge in [-0.05, 0) is 38.5 Å². The highest BCUT2D eigenvalue weighted by Crippen LogP contribution is 2.02. The van der Waals surface area contributed by atoms with Crippen molar-refractivity contribution in [3.63, 3.8) is 0 Å². The van der Waals surface area contributed by atoms with Gasteiger partial charge in [0.05, 0.1) is 0 Å². The van der Waals surface area contributed by atoms with E-state index in [0.717, 1.165) is 12.8 Å². The van der Waals surface area contributed by atoms with Gasteiger partial charge in [-0.2, -0.15) is 0 Å². The van der Waals surface area contributed by atoms with Crippen molar-refractivity contribution in [2.45, 2.75) is 38.5 Å². The van der Waals surface area contributed by atoms with Gasteiger partial charge in [0.15, 0.2) is 0 Å². The van der Waals surface area contributed by atoms with Crippen LogP contribution in [0.2, 0.25) is 0 Å². The molecule has 0 aliphatic heterocycles. The van der Waals surface area contributed by atoms with Crippen molar-refractivity contribution in [2.75, 3.05) is 0 Å². The number of hydrogen-bond donors (Lipinski definition) is 0. The summed E-state index contributed by atoms with van der Waals surface area (Å²) in [5, 5.41) is 0. The molecule has 1 rings (SSSR count). The third-order valence-corrected chi connectivity index (χ3v) is 2.23. The molecule has 0 bridgehead atoms. The maximum Gasteiger partial charge on any atom is -0.0166 e. The lowest BCUT2D eigenvalue weighted by atomic mass is 10.2. The zero-order valence-electron chi connectivity index (χ0n) is 8.86. The first-order chi connectivity index (χ1) is 7.00. The third kappa shape index (κ3) is 6.47. The highest BCUT2D eigenvalue weighted by Gasteiger charge is 1.82. The van der Waals surface area contributed by atoms with Gasteiger partial charge in [-0.1, -0.05) is 48.6 Å². The van der Waals surface area contributed by atoms with Crippen LogP contribution in [-0.2, 0) is 0 Å². The van der Waals surface area contributed by atoms with Crippen molar-refractivity contribution >= 4 is 0 Å². The molecule has 0 aromatic rings. The second-order valence-corrected chi connectivity index (χ2v) is 3.54. The molecule has 1 aliphatic carbocycles. The average molecular weight is 188 g/mol. The molecule has 0 fully saturated rings. The minimum absolute atomic E-state index is 1.07. The summed E-state index contributed by atoms with van der Waals surface area (Å²) in [5.74, 6) is 0. The van der Waals surface area contributed by atoms with Gasteiger partial charge in [0.2, 0.25) is 0 Å². The SMILES string of the molecule is C1=CC/C=C\CCC/C=C/CC/C=C/1. The summed E-state index contributed by atoms with van der Waals surface area (Å²) in [4.78, 5) is 0. The Labute approximate surface area is 87.7 Å². The van der Waals surface area contributed by atoms with E-state index in [2.05, 4.69) is 48.6 Å². The van der Waals surface area contributed by atoms with E-state index >= 15 is 0 Å². The largest absolute Gasteiger partial charge is 0.0885 e. The van der Waals surface area contributed by atoms with Gasteiger partial charge in [-0.3, -0.25) is 0 Å². The van der Waals surface area contributed by atoms with Crippen LogP contribution in [0.5, 0.6) is 0 Å². The molecular weight excluding hydrogens is 168 g/mol. The minimum Gasteiger partial charge on any atom is -0.0885 e. The summed E-state index contributed by atoms with van der Waals surface area (Å²) < 4.78 is 0. The van der Waals surface area contributed by atoms with Crippen LogP contribution in [0.15, 0.2) is 48.6 Å². The molecule has 0 radical (unpaired) electrons. The van der Waals surface area contributed by atoms with Gasteiger partial charge < -0.3 is 0 Å². The molecule has 0 aromatic carbocycles. The van der Waals surface area contributed by atoms with E-state index in [4.69, 9.17) is 0 Å². The molecule has 0 atom stereocenters. The van der Waals surface area contributed by atoms with Gasteiger partial charge in [0.1, 0.15) is 0 Å². The Bertz CT molecular complexity index is 228. The van der Waals surface area contributed by atoms with E-state index in [9.17, 15) is 0 Å². The molecular formula is C14H20. The first-order valence-electron chi connectivity index (χ1n) is 5.62. The third-order valence-electron chi connectivity index (χ3n) is 2.23. The Morgan fingerprint density at radius 3 is 2.07 bits per heavy atom. The van der Waals surface area contributed by atoms with Gasteiger partial charge in [0, 0.05) is 0 Å². The highest BCUT2D eigenvalue weighted by molar-refractivity contribution is 5.05. The summed E-state index contributed by atoms with van der Waals surface area (Å²) in [6.07, 6.45) is 25.0. The number of rotatable bonds is 0. The predicted molar refractivity (Wildman–Crippen MR) is 64.3 cm³/mol. The summed E-state index contributed by atoms with van der Waals surface area (Å²) in [6, 6.07) is 0. The standard InChI is InChI=1S/C14H20/c1-2-4-6-8-10-12-14-13-11-9-7-5-3-1/h1-4,7,9-10,12H,5-6,8,11,13-14H2/b3-1?,4-2+,9-7-,12-10+. The topological polar surface area (TPSA) is 0 Å². The molecule has 0 unspecified atom stereocenters. The fourth-order valence-electron chi connectivity index (χ4n) is 1.41. The predicted octanol–water partition coefficient (Wildman–Crippen LogP) is 4.57. The van der Waals surface area contributed by atoms with E-state index in [-0.39, 0.29) is 0 Å². The van der Waals surface area contributed by atoms with Gasteiger partial charge >= 0.3 is 0 Å². The van der Waals surface area contributed by atoms with Crippen LogP contribution in [0.3, 0.4) is 0 Å². The van der Waals surface area contributed by atoms with E-state index in [1.165, 1.54) is 25.7 Å². The molecule has 0 nitrogen and oxygen atoms in total. The molecule has 1 aliphatic rings. The normalized spacial score (nSPS) is 26.3. The zero-order valence-corrected chi connectivity index (χ0v) is 8.86. The first kappa shape index (κ1) is 11.0. The van der Waals surface area contributed by atoms with Crippen molar-refractivity contribution in [3.8, 4) is 0 Å². The number of hydrogen-bond acceptors (Lipinski definition) is 0. The Kier molecular flexibility index (Phi) is 6.74. The van der Waals surface area contributed by atoms with Crippen LogP contribution in [-0.4, -0.2) is 0 Å². The molecule has 0 saturated carbocycles. The lowest BCUT2D eigenvalue weighted by Crippen LogP contribution is -1.71. The molecule has 0 saturated heterocycles. The van der Waals surface area contributed by atoms with Crippen LogP contribution >= 0.6 is 0 Å². The Morgan fingerprint density at radius 1 is 0.500 bits per heavy atom. The van der Waals surface area contributed by atoms with Crippen LogP contribution in [0.25, 0.3) is 0 Å². The summed E-state index contributed by atoms with van der Waals surface area (Å²) in [5.41, 5.74) is 0. The summed E-state index contributed by atoms with van der Waals surface area (Å²) >= 11 is 0. The highest BCUT2D eigenvalue weighted by atomic mass is 13.9. The van der Waals surface area contributed by atoms with Crippen LogP contribution < -0.4 is 0 Å². The van der Waals surface area contributed by atoms with Gasteiger partial charge in [0.25, 0.3) is 0 Å². The van der Waals surface area contributed by atoms with Gasteiger partial charge in [-0.25, -0.2) is 0 Å². The molecule has 0 heterocycles. The van der Waals surface area contributed by atoms with E-state index in [0.29, 0.717) is 0 Å². The lowest BCUT2D eigenvalue weighted by molar-refractivity contribution is 0.860. The van der Waals surface area contributed by atoms with Crippen molar-refractivity contribution < 1.29 is 0 Å². The van der Waals surface area contributed by atoms with E-state index < -0.39 is 0 Å². The summed E-state index contributed by atoms with van der Waals surface area (Å²) in [7, 11) is 0. The van der Waals surface area contributed by atoms with Crippen molar-refractivity contribution in [2.24, 2.45) is 0 Å². The van der Waals surface area contributed by atoms with E-state index in [1.807, 2.05) is 0 Å². The van der Waals surface area contributed by atoms with Crippen molar-refractivity contribution in [1.82, 2.24) is 0 Å². The lowest BCUT2D eigenvalue weighted by Gasteiger charge is -1.91. The second kappa shape index (κ2) is 8.55. The quantitative estimate of drug-likeness (QED) is 0.489. The fourth-order valence-corrected chi connectivity index (χ4v) is 1.41. The van der Waals surface area contributed by atoms with E-state index in [1.54, 1.807) is 0 Å². The van der Waals surface area contributed by atoms with Crippen LogP contribution in [0, 0.1) is 0 Å². The maximum atomic E-state index is 2.31. The van der Waals surface area contributed by atoms with Gasteiger partial charge in [-0.15, -0.1) is 0 Å². The Balaban J connectivity index is 2.35. The van der Waals surface area contributed by atoms with Crippen molar-refractivity contribution in [1.29, 1.82) is 0 Å². The molecule has 14 heavy (non-hydrogen) atoms. The zero-order chi connectivity index (χ0) is 9.90. The molecule has 0 heteroatoms. The maximum absolute atomic E-state index is 2.31. The monoisotopic (exact) mass is 188 g/mol. The van der Waals surface area contributed by atoms with Crippen LogP contribution in [0.1, 0.15) is 38.5 Å². The minimum atomic E-state index is 1.07. The average Bonchev–Trinajstić information content (AvgIpc) is 2.22. The number of allylic oxidation sites excluding steroid dienone is 8. The molecule has 0 amide bonds. The van der Waals surface area contributed by atoms with Crippen LogP contribution in [0.4, 0.5) is 0 Å². The first-order valence-corrected chi connectivity index (χ1v) is 5.62.